The minimum absolute atomic E-state index is 0.00418. The smallest absolute Gasteiger partial charge is 0.335 e. The van der Waals surface area contributed by atoms with Crippen LogP contribution in [0.3, 0.4) is 0 Å². The van der Waals surface area contributed by atoms with Crippen LogP contribution in [0, 0.1) is 17.3 Å². The summed E-state index contributed by atoms with van der Waals surface area (Å²) in [6.07, 6.45) is 18.4. The van der Waals surface area contributed by atoms with Gasteiger partial charge in [-0.25, -0.2) is 9.59 Å². The van der Waals surface area contributed by atoms with Crippen LogP contribution in [0.1, 0.15) is 79.6 Å². The van der Waals surface area contributed by atoms with Crippen molar-refractivity contribution in [1.82, 2.24) is 0 Å². The Morgan fingerprint density at radius 3 is 2.59 bits per heavy atom. The third-order valence-corrected chi connectivity index (χ3v) is 9.86. The van der Waals surface area contributed by atoms with E-state index in [-0.39, 0.29) is 43.7 Å². The maximum atomic E-state index is 13.0. The maximum Gasteiger partial charge on any atom is 0.335 e. The van der Waals surface area contributed by atoms with Crippen LogP contribution < -0.4 is 0 Å². The molecule has 3 aliphatic heterocycles. The molecular weight excluding hydrogens is 652 g/mol. The summed E-state index contributed by atoms with van der Waals surface area (Å²) in [4.78, 5) is 25.3. The second-order valence-electron chi connectivity index (χ2n) is 14.7. The zero-order valence-electron chi connectivity index (χ0n) is 30.9. The first-order chi connectivity index (χ1) is 24.2. The van der Waals surface area contributed by atoms with Gasteiger partial charge in [-0.05, 0) is 44.1 Å². The molecule has 284 valence electrons. The molecule has 0 spiro atoms. The highest BCUT2D eigenvalue weighted by atomic mass is 16.6. The van der Waals surface area contributed by atoms with Crippen molar-refractivity contribution in [2.24, 2.45) is 17.3 Å². The van der Waals surface area contributed by atoms with Gasteiger partial charge in [0.1, 0.15) is 12.7 Å². The van der Waals surface area contributed by atoms with Crippen molar-refractivity contribution in [3.8, 4) is 0 Å². The number of carbonyl (C=O) groups is 2. The standard InChI is InChI=1S/C41H60O10/c1-27(2)21-34(44)29(4)25-48-40(47)33(43)18-13-14-19-37-41(6,26-42)38-24-32(50-37)17-10-7-9-15-28(3)22-36-30(5)35(45)23-31(49-36)16-11-8-12-20-39(46)51-38/h8-15,17,20,22,27,30-38,42-45H,4,7,16,18-19,21,23-26H2,1-3,5-6H3/b11-8+,14-13-,15-9+,17-10-,20-12+,28-22+/t30-,31+,32-,33-,34?,35+,36-,37+,38-,41+/m1/s1. The van der Waals surface area contributed by atoms with E-state index in [4.69, 9.17) is 18.9 Å². The van der Waals surface area contributed by atoms with E-state index in [9.17, 15) is 30.0 Å². The number of aliphatic hydroxyl groups excluding tert-OH is 4. The molecule has 10 heteroatoms. The number of rotatable bonds is 11. The molecule has 2 fully saturated rings. The van der Waals surface area contributed by atoms with Crippen LogP contribution in [0.25, 0.3) is 0 Å². The fourth-order valence-corrected chi connectivity index (χ4v) is 6.40. The van der Waals surface area contributed by atoms with E-state index >= 15 is 0 Å². The van der Waals surface area contributed by atoms with Crippen molar-refractivity contribution in [2.75, 3.05) is 13.2 Å². The summed E-state index contributed by atoms with van der Waals surface area (Å²) < 4.78 is 23.8. The zero-order chi connectivity index (χ0) is 37.6. The van der Waals surface area contributed by atoms with Crippen LogP contribution in [-0.2, 0) is 28.5 Å². The molecule has 0 radical (unpaired) electrons. The van der Waals surface area contributed by atoms with Crippen molar-refractivity contribution in [1.29, 1.82) is 0 Å². The summed E-state index contributed by atoms with van der Waals surface area (Å²) in [5, 5.41) is 41.7. The number of aliphatic hydroxyl groups is 4. The first kappa shape index (κ1) is 42.3. The molecule has 1 unspecified atom stereocenters. The van der Waals surface area contributed by atoms with E-state index in [0.717, 1.165) is 5.57 Å². The zero-order valence-corrected chi connectivity index (χ0v) is 30.9. The topological polar surface area (TPSA) is 152 Å². The van der Waals surface area contributed by atoms with Crippen LogP contribution in [0.15, 0.2) is 84.6 Å². The van der Waals surface area contributed by atoms with Crippen LogP contribution in [-0.4, -0.2) is 94.4 Å². The Morgan fingerprint density at radius 1 is 1.10 bits per heavy atom. The fourth-order valence-electron chi connectivity index (χ4n) is 6.40. The second-order valence-corrected chi connectivity index (χ2v) is 14.7. The van der Waals surface area contributed by atoms with Gasteiger partial charge < -0.3 is 39.4 Å². The molecule has 4 N–H and O–H groups in total. The molecule has 0 aromatic rings. The van der Waals surface area contributed by atoms with Gasteiger partial charge in [-0.1, -0.05) is 101 Å². The highest BCUT2D eigenvalue weighted by Gasteiger charge is 2.49. The summed E-state index contributed by atoms with van der Waals surface area (Å²) in [6.45, 7) is 13.1. The average Bonchev–Trinajstić information content (AvgIpc) is 3.07. The van der Waals surface area contributed by atoms with Gasteiger partial charge in [0.2, 0.25) is 0 Å². The van der Waals surface area contributed by atoms with Crippen molar-refractivity contribution in [3.63, 3.8) is 0 Å². The minimum Gasteiger partial charge on any atom is -0.459 e. The lowest BCUT2D eigenvalue weighted by Gasteiger charge is -2.47. The Kier molecular flexibility index (Phi) is 17.2. The first-order valence-electron chi connectivity index (χ1n) is 18.2. The fraction of sp³-hybridized carbons (Fsp3) is 0.610. The van der Waals surface area contributed by atoms with Gasteiger partial charge in [0.15, 0.2) is 6.10 Å². The Bertz CT molecular complexity index is 1330. The molecule has 0 saturated carbocycles. The Labute approximate surface area is 303 Å². The van der Waals surface area contributed by atoms with E-state index in [2.05, 4.69) is 12.7 Å². The van der Waals surface area contributed by atoms with Crippen molar-refractivity contribution < 1.29 is 49.0 Å². The normalized spacial score (nSPS) is 35.5. The molecule has 4 bridgehead atoms. The molecule has 10 atom stereocenters. The lowest BCUT2D eigenvalue weighted by Crippen LogP contribution is -2.55. The number of hydrogen-bond donors (Lipinski definition) is 4. The Balaban J connectivity index is 1.71. The van der Waals surface area contributed by atoms with Gasteiger partial charge in [-0.2, -0.15) is 0 Å². The number of ether oxygens (including phenoxy) is 4. The largest absolute Gasteiger partial charge is 0.459 e. The van der Waals surface area contributed by atoms with Gasteiger partial charge in [-0.3, -0.25) is 0 Å². The van der Waals surface area contributed by atoms with Crippen LogP contribution in [0.4, 0.5) is 0 Å². The molecule has 2 saturated heterocycles. The monoisotopic (exact) mass is 712 g/mol. The van der Waals surface area contributed by atoms with Gasteiger partial charge >= 0.3 is 11.9 Å². The van der Waals surface area contributed by atoms with Gasteiger partial charge in [0.25, 0.3) is 0 Å². The lowest BCUT2D eigenvalue weighted by molar-refractivity contribution is -0.198. The lowest BCUT2D eigenvalue weighted by atomic mass is 9.73. The molecule has 3 rings (SSSR count). The summed E-state index contributed by atoms with van der Waals surface area (Å²) in [6, 6.07) is 0. The van der Waals surface area contributed by atoms with E-state index in [1.165, 1.54) is 6.08 Å². The number of esters is 2. The highest BCUT2D eigenvalue weighted by Crippen LogP contribution is 2.41. The molecule has 3 aliphatic rings. The predicted octanol–water partition coefficient (Wildman–Crippen LogP) is 5.38. The SMILES string of the molecule is C=C(COC(=O)[C@H](O)C/C=C\C[C@@H]1O[C@@H]2/C=C\C/C=C/C(C)=C/[C@H]3O[C@@H](C/C=C/C=C/C(=O)O[C@H](C2)[C@@]1(C)CO)C[C@H](O)[C@H]3C)C(O)CC(C)C. The van der Waals surface area contributed by atoms with E-state index < -0.39 is 54.0 Å². The van der Waals surface area contributed by atoms with E-state index in [0.29, 0.717) is 44.1 Å². The first-order valence-corrected chi connectivity index (χ1v) is 18.2. The molecule has 0 amide bonds. The van der Waals surface area contributed by atoms with E-state index in [1.807, 2.05) is 65.0 Å². The third-order valence-electron chi connectivity index (χ3n) is 9.86. The summed E-state index contributed by atoms with van der Waals surface area (Å²) in [5.74, 6) is -1.13. The van der Waals surface area contributed by atoms with Crippen molar-refractivity contribution >= 4 is 11.9 Å². The Morgan fingerprint density at radius 2 is 1.86 bits per heavy atom. The van der Waals surface area contributed by atoms with Crippen LogP contribution >= 0.6 is 0 Å². The maximum absolute atomic E-state index is 13.0. The van der Waals surface area contributed by atoms with Crippen molar-refractivity contribution in [3.05, 3.63) is 84.6 Å². The Hall–Kier alpha value is -3.12. The molecule has 3 heterocycles. The van der Waals surface area contributed by atoms with Crippen LogP contribution in [0.2, 0.25) is 0 Å². The summed E-state index contributed by atoms with van der Waals surface area (Å²) >= 11 is 0. The summed E-state index contributed by atoms with van der Waals surface area (Å²) in [7, 11) is 0. The average molecular weight is 713 g/mol. The summed E-state index contributed by atoms with van der Waals surface area (Å²) in [5.41, 5.74) is 0.477. The highest BCUT2D eigenvalue weighted by molar-refractivity contribution is 5.82. The molecule has 51 heavy (non-hydrogen) atoms. The number of hydrogen-bond acceptors (Lipinski definition) is 10. The number of carbonyl (C=O) groups excluding carboxylic acids is 2. The van der Waals surface area contributed by atoms with Gasteiger partial charge in [-0.15, -0.1) is 0 Å². The van der Waals surface area contributed by atoms with Crippen LogP contribution in [0.5, 0.6) is 0 Å². The predicted molar refractivity (Wildman–Crippen MR) is 196 cm³/mol. The molecule has 0 aliphatic carbocycles. The molecule has 0 aromatic carbocycles. The molecule has 10 nitrogen and oxygen atoms in total. The van der Waals surface area contributed by atoms with E-state index in [1.54, 1.807) is 24.3 Å². The molecular formula is C41H60O10. The van der Waals surface area contributed by atoms with Gasteiger partial charge in [0.05, 0.1) is 48.6 Å². The van der Waals surface area contributed by atoms with Crippen molar-refractivity contribution in [2.45, 2.75) is 128 Å². The quantitative estimate of drug-likeness (QED) is 0.162. The minimum atomic E-state index is -1.40. The number of fused-ring (bicyclic) bond motifs is 4. The molecule has 0 aromatic heterocycles. The third kappa shape index (κ3) is 13.4. The number of allylic oxidation sites excluding steroid dienone is 6. The second kappa shape index (κ2) is 20.8. The van der Waals surface area contributed by atoms with Gasteiger partial charge in [0, 0.05) is 31.3 Å².